The molecule has 2 unspecified atom stereocenters. The Labute approximate surface area is 113 Å². The van der Waals surface area contributed by atoms with Gasteiger partial charge in [0.25, 0.3) is 0 Å². The molecule has 2 aliphatic heterocycles. The number of alkyl halides is 3. The summed E-state index contributed by atoms with van der Waals surface area (Å²) >= 11 is 0. The molecule has 0 bridgehead atoms. The Balaban J connectivity index is 1.91. The van der Waals surface area contributed by atoms with Crippen molar-refractivity contribution in [1.29, 1.82) is 0 Å². The van der Waals surface area contributed by atoms with E-state index in [-0.39, 0.29) is 24.9 Å². The minimum atomic E-state index is -4.84. The van der Waals surface area contributed by atoms with Gasteiger partial charge < -0.3 is 14.7 Å². The molecule has 0 aromatic carbocycles. The summed E-state index contributed by atoms with van der Waals surface area (Å²) < 4.78 is 42.1. The smallest absolute Gasteiger partial charge is 0.471 e. The second kappa shape index (κ2) is 5.59. The molecule has 0 aromatic heterocycles. The molecule has 2 aliphatic rings. The van der Waals surface area contributed by atoms with E-state index in [0.29, 0.717) is 25.9 Å². The molecule has 2 atom stereocenters. The molecule has 114 valence electrons. The van der Waals surface area contributed by atoms with Crippen LogP contribution in [-0.4, -0.2) is 53.9 Å². The van der Waals surface area contributed by atoms with E-state index in [4.69, 9.17) is 9.84 Å². The second-order valence-electron chi connectivity index (χ2n) is 5.21. The number of likely N-dealkylation sites (tertiary alicyclic amines) is 1. The Morgan fingerprint density at radius 1 is 1.15 bits per heavy atom. The first-order valence-corrected chi connectivity index (χ1v) is 6.51. The molecule has 1 amide bonds. The van der Waals surface area contributed by atoms with Gasteiger partial charge >= 0.3 is 18.1 Å². The number of carbonyl (C=O) groups is 2. The highest BCUT2D eigenvalue weighted by Crippen LogP contribution is 2.35. The third kappa shape index (κ3) is 3.05. The maximum absolute atomic E-state index is 12.3. The van der Waals surface area contributed by atoms with Crippen molar-refractivity contribution in [3.05, 3.63) is 0 Å². The topological polar surface area (TPSA) is 66.8 Å². The molecule has 8 heteroatoms. The maximum atomic E-state index is 12.3. The van der Waals surface area contributed by atoms with Crippen molar-refractivity contribution in [2.45, 2.75) is 31.5 Å². The summed E-state index contributed by atoms with van der Waals surface area (Å²) in [6.07, 6.45) is -4.33. The lowest BCUT2D eigenvalue weighted by Crippen LogP contribution is -2.47. The van der Waals surface area contributed by atoms with Crippen LogP contribution >= 0.6 is 0 Å². The van der Waals surface area contributed by atoms with E-state index < -0.39 is 24.2 Å². The summed E-state index contributed by atoms with van der Waals surface area (Å²) in [5.41, 5.74) is 0. The number of halogens is 3. The molecule has 0 saturated carbocycles. The van der Waals surface area contributed by atoms with E-state index in [1.165, 1.54) is 0 Å². The summed E-state index contributed by atoms with van der Waals surface area (Å²) in [6.45, 7) is 0.404. The molecular formula is C12H16F3NO4. The molecule has 0 aliphatic carbocycles. The van der Waals surface area contributed by atoms with E-state index in [1.54, 1.807) is 0 Å². The largest absolute Gasteiger partial charge is 0.479 e. The minimum absolute atomic E-state index is 0.00381. The Hall–Kier alpha value is -1.31. The van der Waals surface area contributed by atoms with E-state index in [2.05, 4.69) is 0 Å². The van der Waals surface area contributed by atoms with Crippen LogP contribution in [-0.2, 0) is 14.3 Å². The van der Waals surface area contributed by atoms with Crippen LogP contribution in [0.3, 0.4) is 0 Å². The lowest BCUT2D eigenvalue weighted by molar-refractivity contribution is -0.187. The number of ether oxygens (including phenoxy) is 1. The van der Waals surface area contributed by atoms with Crippen LogP contribution in [0.25, 0.3) is 0 Å². The first kappa shape index (κ1) is 15.1. The van der Waals surface area contributed by atoms with Gasteiger partial charge in [-0.25, -0.2) is 4.79 Å². The maximum Gasteiger partial charge on any atom is 0.471 e. The number of aliphatic carboxylic acids is 1. The van der Waals surface area contributed by atoms with Crippen molar-refractivity contribution in [2.75, 3.05) is 19.7 Å². The van der Waals surface area contributed by atoms with E-state index in [1.807, 2.05) is 0 Å². The van der Waals surface area contributed by atoms with Crippen LogP contribution in [0.15, 0.2) is 0 Å². The summed E-state index contributed by atoms with van der Waals surface area (Å²) in [7, 11) is 0. The normalized spacial score (nSPS) is 28.6. The van der Waals surface area contributed by atoms with Gasteiger partial charge in [-0.15, -0.1) is 0 Å². The molecule has 0 spiro atoms. The van der Waals surface area contributed by atoms with Crippen LogP contribution in [0.2, 0.25) is 0 Å². The molecule has 2 rings (SSSR count). The Kier molecular flexibility index (Phi) is 4.22. The highest BCUT2D eigenvalue weighted by molar-refractivity contribution is 5.81. The zero-order valence-corrected chi connectivity index (χ0v) is 10.7. The van der Waals surface area contributed by atoms with Crippen molar-refractivity contribution in [1.82, 2.24) is 4.90 Å². The summed E-state index contributed by atoms with van der Waals surface area (Å²) in [5.74, 6) is -3.01. The molecule has 1 N–H and O–H groups in total. The lowest BCUT2D eigenvalue weighted by Gasteiger charge is -2.35. The quantitative estimate of drug-likeness (QED) is 0.833. The zero-order valence-electron chi connectivity index (χ0n) is 10.7. The average molecular weight is 295 g/mol. The number of amides is 1. The van der Waals surface area contributed by atoms with Crippen LogP contribution < -0.4 is 0 Å². The molecule has 2 saturated heterocycles. The fourth-order valence-corrected chi connectivity index (χ4v) is 3.05. The van der Waals surface area contributed by atoms with Crippen molar-refractivity contribution in [3.63, 3.8) is 0 Å². The molecule has 0 aromatic rings. The highest BCUT2D eigenvalue weighted by Gasteiger charge is 2.45. The molecule has 5 nitrogen and oxygen atoms in total. The first-order valence-electron chi connectivity index (χ1n) is 6.51. The minimum Gasteiger partial charge on any atom is -0.479 e. The number of piperidine rings is 1. The number of hydrogen-bond acceptors (Lipinski definition) is 3. The fraction of sp³-hybridized carbons (Fsp3) is 0.833. The molecule has 2 heterocycles. The number of rotatable bonds is 2. The third-order valence-electron chi connectivity index (χ3n) is 4.06. The monoisotopic (exact) mass is 295 g/mol. The zero-order chi connectivity index (χ0) is 14.9. The number of hydrogen-bond donors (Lipinski definition) is 1. The SMILES string of the molecule is O=C(O)C1OCCC1C1CCN(C(=O)C(F)(F)F)CC1. The summed E-state index contributed by atoms with van der Waals surface area (Å²) in [4.78, 5) is 22.9. The van der Waals surface area contributed by atoms with Gasteiger partial charge in [-0.3, -0.25) is 4.79 Å². The Morgan fingerprint density at radius 3 is 2.25 bits per heavy atom. The Morgan fingerprint density at radius 2 is 1.75 bits per heavy atom. The van der Waals surface area contributed by atoms with Crippen LogP contribution in [0.4, 0.5) is 13.2 Å². The predicted molar refractivity (Wildman–Crippen MR) is 60.8 cm³/mol. The van der Waals surface area contributed by atoms with E-state index in [0.717, 1.165) is 4.90 Å². The first-order chi connectivity index (χ1) is 9.30. The average Bonchev–Trinajstić information content (AvgIpc) is 2.86. The molecular weight excluding hydrogens is 279 g/mol. The van der Waals surface area contributed by atoms with Gasteiger partial charge in [0, 0.05) is 25.6 Å². The van der Waals surface area contributed by atoms with Gasteiger partial charge in [0.05, 0.1) is 0 Å². The van der Waals surface area contributed by atoms with Gasteiger partial charge in [0.15, 0.2) is 6.10 Å². The van der Waals surface area contributed by atoms with Crippen molar-refractivity contribution < 1.29 is 32.6 Å². The highest BCUT2D eigenvalue weighted by atomic mass is 19.4. The summed E-state index contributed by atoms with van der Waals surface area (Å²) in [5, 5.41) is 9.02. The van der Waals surface area contributed by atoms with Gasteiger partial charge in [-0.1, -0.05) is 0 Å². The van der Waals surface area contributed by atoms with Gasteiger partial charge in [0.1, 0.15) is 0 Å². The predicted octanol–water partition coefficient (Wildman–Crippen LogP) is 1.28. The van der Waals surface area contributed by atoms with E-state index >= 15 is 0 Å². The van der Waals surface area contributed by atoms with Crippen molar-refractivity contribution >= 4 is 11.9 Å². The Bertz CT molecular complexity index is 391. The van der Waals surface area contributed by atoms with Crippen LogP contribution in [0.1, 0.15) is 19.3 Å². The third-order valence-corrected chi connectivity index (χ3v) is 4.06. The van der Waals surface area contributed by atoms with Gasteiger partial charge in [0.2, 0.25) is 0 Å². The standard InChI is InChI=1S/C12H16F3NO4/c13-12(14,15)11(19)16-4-1-7(2-5-16)8-3-6-20-9(8)10(17)18/h7-9H,1-6H2,(H,17,18). The van der Waals surface area contributed by atoms with Crippen molar-refractivity contribution in [2.24, 2.45) is 11.8 Å². The number of nitrogens with zero attached hydrogens (tertiary/aromatic N) is 1. The molecule has 20 heavy (non-hydrogen) atoms. The van der Waals surface area contributed by atoms with Crippen LogP contribution in [0, 0.1) is 11.8 Å². The lowest BCUT2D eigenvalue weighted by atomic mass is 9.80. The number of carboxylic acids is 1. The van der Waals surface area contributed by atoms with Crippen molar-refractivity contribution in [3.8, 4) is 0 Å². The fourth-order valence-electron chi connectivity index (χ4n) is 3.05. The number of carbonyl (C=O) groups excluding carboxylic acids is 1. The van der Waals surface area contributed by atoms with Gasteiger partial charge in [-0.2, -0.15) is 13.2 Å². The van der Waals surface area contributed by atoms with Gasteiger partial charge in [-0.05, 0) is 25.2 Å². The van der Waals surface area contributed by atoms with Crippen LogP contribution in [0.5, 0.6) is 0 Å². The number of carboxylic acid groups (broad SMARTS) is 1. The molecule has 2 fully saturated rings. The molecule has 0 radical (unpaired) electrons. The summed E-state index contributed by atoms with van der Waals surface area (Å²) in [6, 6.07) is 0. The van der Waals surface area contributed by atoms with E-state index in [9.17, 15) is 22.8 Å². The second-order valence-corrected chi connectivity index (χ2v) is 5.21.